The van der Waals surface area contributed by atoms with Gasteiger partial charge in [-0.15, -0.1) is 0 Å². The van der Waals surface area contributed by atoms with Crippen molar-refractivity contribution in [3.63, 3.8) is 0 Å². The summed E-state index contributed by atoms with van der Waals surface area (Å²) in [6.07, 6.45) is 2.64. The molecule has 11 heavy (non-hydrogen) atoms. The molecule has 1 rings (SSSR count). The molecule has 0 amide bonds. The van der Waals surface area contributed by atoms with Gasteiger partial charge in [0.05, 0.1) is 12.1 Å². The molecule has 0 bridgehead atoms. The van der Waals surface area contributed by atoms with E-state index in [9.17, 15) is 0 Å². The lowest BCUT2D eigenvalue weighted by Gasteiger charge is -1.95. The molecule has 1 aromatic rings. The minimum Gasteiger partial charge on any atom is -0.464 e. The van der Waals surface area contributed by atoms with Gasteiger partial charge in [0.1, 0.15) is 12.0 Å². The van der Waals surface area contributed by atoms with Crippen molar-refractivity contribution in [1.29, 1.82) is 5.26 Å². The number of hydrogen-bond donors (Lipinski definition) is 0. The largest absolute Gasteiger partial charge is 0.464 e. The Morgan fingerprint density at radius 2 is 2.00 bits per heavy atom. The summed E-state index contributed by atoms with van der Waals surface area (Å²) < 4.78 is 5.04. The van der Waals surface area contributed by atoms with Crippen molar-refractivity contribution in [2.45, 2.75) is 0 Å². The van der Waals surface area contributed by atoms with Crippen molar-refractivity contribution in [2.75, 3.05) is 0 Å². The highest BCUT2D eigenvalue weighted by atomic mass is 16.5. The van der Waals surface area contributed by atoms with Gasteiger partial charge in [-0.3, -0.25) is 0 Å². The van der Waals surface area contributed by atoms with Crippen LogP contribution in [0.1, 0.15) is 0 Å². The highest BCUT2D eigenvalue weighted by Gasteiger charge is 1.83. The molecule has 0 atom stereocenters. The van der Waals surface area contributed by atoms with E-state index in [-0.39, 0.29) is 0 Å². The van der Waals surface area contributed by atoms with Gasteiger partial charge in [-0.1, -0.05) is 18.2 Å². The summed E-state index contributed by atoms with van der Waals surface area (Å²) in [6.45, 7) is 0. The quantitative estimate of drug-likeness (QED) is 0.471. The fourth-order valence-corrected chi connectivity index (χ4v) is 0.642. The van der Waals surface area contributed by atoms with Gasteiger partial charge in [0, 0.05) is 0 Å². The van der Waals surface area contributed by atoms with Crippen LogP contribution in [-0.4, -0.2) is 0 Å². The number of ether oxygens (including phenoxy) is 1. The van der Waals surface area contributed by atoms with E-state index in [2.05, 4.69) is 0 Å². The van der Waals surface area contributed by atoms with Gasteiger partial charge in [0.25, 0.3) is 0 Å². The number of benzene rings is 1. The molecule has 0 aliphatic rings. The Bertz CT molecular complexity index is 271. The molecule has 0 aliphatic carbocycles. The Labute approximate surface area is 65.3 Å². The number of nitrogens with zero attached hydrogens (tertiary/aromatic N) is 1. The minimum absolute atomic E-state index is 0.735. The summed E-state index contributed by atoms with van der Waals surface area (Å²) in [6, 6.07) is 11.1. The molecule has 0 N–H and O–H groups in total. The molecule has 0 radical (unpaired) electrons. The standard InChI is InChI=1S/C9H7NO/c10-7-4-8-11-9-5-2-1-3-6-9/h1-6,8H. The molecule has 54 valence electrons. The first-order chi connectivity index (χ1) is 5.43. The third-order valence-electron chi connectivity index (χ3n) is 1.09. The molecule has 2 heteroatoms. The zero-order valence-electron chi connectivity index (χ0n) is 5.90. The van der Waals surface area contributed by atoms with Crippen molar-refractivity contribution in [3.05, 3.63) is 42.7 Å². The molecule has 0 aliphatic heterocycles. The van der Waals surface area contributed by atoms with Crippen LogP contribution in [0.3, 0.4) is 0 Å². The molecule has 0 unspecified atom stereocenters. The Balaban J connectivity index is 2.53. The van der Waals surface area contributed by atoms with Gasteiger partial charge in [0.15, 0.2) is 0 Å². The second kappa shape index (κ2) is 4.13. The normalized spacial score (nSPS) is 9.36. The second-order valence-corrected chi connectivity index (χ2v) is 1.86. The monoisotopic (exact) mass is 145 g/mol. The maximum Gasteiger partial charge on any atom is 0.126 e. The van der Waals surface area contributed by atoms with Crippen LogP contribution in [0.15, 0.2) is 42.7 Å². The van der Waals surface area contributed by atoms with Crippen LogP contribution in [-0.2, 0) is 0 Å². The molecule has 0 spiro atoms. The summed E-state index contributed by atoms with van der Waals surface area (Å²) >= 11 is 0. The summed E-state index contributed by atoms with van der Waals surface area (Å²) in [5.41, 5.74) is 0. The smallest absolute Gasteiger partial charge is 0.126 e. The Hall–Kier alpha value is -1.75. The topological polar surface area (TPSA) is 33.0 Å². The Kier molecular flexibility index (Phi) is 2.76. The molecule has 0 aromatic heterocycles. The van der Waals surface area contributed by atoms with Crippen LogP contribution in [0.4, 0.5) is 0 Å². The lowest BCUT2D eigenvalue weighted by Crippen LogP contribution is -1.78. The first kappa shape index (κ1) is 7.36. The molecule has 0 saturated heterocycles. The molecule has 0 fully saturated rings. The van der Waals surface area contributed by atoms with E-state index in [1.165, 1.54) is 12.3 Å². The van der Waals surface area contributed by atoms with E-state index in [1.54, 1.807) is 0 Å². The SMILES string of the molecule is N#CC=COc1ccccc1. The number of rotatable bonds is 2. The molecule has 2 nitrogen and oxygen atoms in total. The van der Waals surface area contributed by atoms with Crippen LogP contribution >= 0.6 is 0 Å². The van der Waals surface area contributed by atoms with Crippen LogP contribution in [0.5, 0.6) is 5.75 Å². The van der Waals surface area contributed by atoms with Gasteiger partial charge in [-0.05, 0) is 12.1 Å². The van der Waals surface area contributed by atoms with Crippen LogP contribution < -0.4 is 4.74 Å². The average Bonchev–Trinajstić information content (AvgIpc) is 2.07. The first-order valence-corrected chi connectivity index (χ1v) is 3.20. The van der Waals surface area contributed by atoms with Gasteiger partial charge in [-0.25, -0.2) is 0 Å². The summed E-state index contributed by atoms with van der Waals surface area (Å²) in [5.74, 6) is 0.735. The molecule has 0 saturated carbocycles. The van der Waals surface area contributed by atoms with Crippen molar-refractivity contribution in [2.24, 2.45) is 0 Å². The second-order valence-electron chi connectivity index (χ2n) is 1.86. The van der Waals surface area contributed by atoms with Gasteiger partial charge in [0.2, 0.25) is 0 Å². The zero-order valence-corrected chi connectivity index (χ0v) is 5.90. The predicted molar refractivity (Wildman–Crippen MR) is 41.8 cm³/mol. The Morgan fingerprint density at radius 3 is 2.64 bits per heavy atom. The third kappa shape index (κ3) is 2.55. The van der Waals surface area contributed by atoms with Crippen molar-refractivity contribution in [3.8, 4) is 11.8 Å². The predicted octanol–water partition coefficient (Wildman–Crippen LogP) is 2.10. The van der Waals surface area contributed by atoms with E-state index in [1.807, 2.05) is 36.4 Å². The summed E-state index contributed by atoms with van der Waals surface area (Å²) in [4.78, 5) is 0. The van der Waals surface area contributed by atoms with Gasteiger partial charge in [-0.2, -0.15) is 5.26 Å². The van der Waals surface area contributed by atoms with Crippen molar-refractivity contribution >= 4 is 0 Å². The summed E-state index contributed by atoms with van der Waals surface area (Å²) in [7, 11) is 0. The number of para-hydroxylation sites is 1. The zero-order chi connectivity index (χ0) is 7.94. The van der Waals surface area contributed by atoms with E-state index >= 15 is 0 Å². The molecular formula is C9H7NO. The average molecular weight is 145 g/mol. The first-order valence-electron chi connectivity index (χ1n) is 3.20. The summed E-state index contributed by atoms with van der Waals surface area (Å²) in [5, 5.41) is 8.13. The van der Waals surface area contributed by atoms with Crippen molar-refractivity contribution < 1.29 is 4.74 Å². The Morgan fingerprint density at radius 1 is 1.27 bits per heavy atom. The highest BCUT2D eigenvalue weighted by Crippen LogP contribution is 2.07. The maximum absolute atomic E-state index is 8.13. The number of hydrogen-bond acceptors (Lipinski definition) is 2. The third-order valence-corrected chi connectivity index (χ3v) is 1.09. The van der Waals surface area contributed by atoms with Gasteiger partial charge < -0.3 is 4.74 Å². The van der Waals surface area contributed by atoms with Crippen LogP contribution in [0, 0.1) is 11.3 Å². The van der Waals surface area contributed by atoms with E-state index < -0.39 is 0 Å². The molecule has 1 aromatic carbocycles. The molecule has 0 heterocycles. The fraction of sp³-hybridized carbons (Fsp3) is 0. The lowest BCUT2D eigenvalue weighted by atomic mass is 10.3. The lowest BCUT2D eigenvalue weighted by molar-refractivity contribution is 0.481. The minimum atomic E-state index is 0.735. The van der Waals surface area contributed by atoms with E-state index in [0.717, 1.165) is 5.75 Å². The van der Waals surface area contributed by atoms with Crippen LogP contribution in [0.2, 0.25) is 0 Å². The fourth-order valence-electron chi connectivity index (χ4n) is 0.642. The number of allylic oxidation sites excluding steroid dienone is 1. The van der Waals surface area contributed by atoms with Crippen LogP contribution in [0.25, 0.3) is 0 Å². The van der Waals surface area contributed by atoms with Gasteiger partial charge >= 0.3 is 0 Å². The van der Waals surface area contributed by atoms with Crippen molar-refractivity contribution in [1.82, 2.24) is 0 Å². The molecular weight excluding hydrogens is 138 g/mol. The maximum atomic E-state index is 8.13. The van der Waals surface area contributed by atoms with E-state index in [4.69, 9.17) is 10.00 Å². The van der Waals surface area contributed by atoms with E-state index in [0.29, 0.717) is 0 Å². The number of nitriles is 1. The highest BCUT2D eigenvalue weighted by molar-refractivity contribution is 5.22.